The Kier molecular flexibility index (Phi) is 9.91. The minimum Gasteiger partial charge on any atom is -0.486 e. The van der Waals surface area contributed by atoms with Crippen molar-refractivity contribution in [2.45, 2.75) is 38.8 Å². The first-order chi connectivity index (χ1) is 18.4. The molecular formula is C28H31ClN2O7. The number of hydrogen-bond donors (Lipinski definition) is 3. The van der Waals surface area contributed by atoms with Gasteiger partial charge in [-0.25, -0.2) is 4.98 Å². The van der Waals surface area contributed by atoms with Crippen molar-refractivity contribution in [3.8, 4) is 17.2 Å². The van der Waals surface area contributed by atoms with Crippen molar-refractivity contribution in [1.82, 2.24) is 10.3 Å². The zero-order valence-electron chi connectivity index (χ0n) is 21.1. The van der Waals surface area contributed by atoms with Crippen molar-refractivity contribution < 1.29 is 34.0 Å². The molecule has 3 aromatic rings. The van der Waals surface area contributed by atoms with E-state index in [2.05, 4.69) is 10.3 Å². The SMILES string of the molecule is CC(=O)Oc1ccc(C(O)CNCCc2ccc3c(c2)OC(COCc2ccc(Cl)nc2)CO3)cc1CO. The number of carbonyl (C=O) groups is 1. The van der Waals surface area contributed by atoms with E-state index in [0.717, 1.165) is 17.5 Å². The fourth-order valence-electron chi connectivity index (χ4n) is 3.97. The smallest absolute Gasteiger partial charge is 0.308 e. The van der Waals surface area contributed by atoms with Gasteiger partial charge in [0.25, 0.3) is 0 Å². The van der Waals surface area contributed by atoms with Gasteiger partial charge in [-0.1, -0.05) is 29.8 Å². The Morgan fingerprint density at radius 3 is 2.79 bits per heavy atom. The lowest BCUT2D eigenvalue weighted by Crippen LogP contribution is -2.33. The third kappa shape index (κ3) is 7.89. The van der Waals surface area contributed by atoms with Crippen LogP contribution in [0, 0.1) is 0 Å². The minimum atomic E-state index is -0.781. The maximum absolute atomic E-state index is 11.2. The molecule has 2 atom stereocenters. The molecule has 1 aliphatic heterocycles. The number of aromatic nitrogens is 1. The van der Waals surface area contributed by atoms with E-state index in [4.69, 9.17) is 30.5 Å². The number of hydrogen-bond acceptors (Lipinski definition) is 9. The van der Waals surface area contributed by atoms with E-state index in [0.29, 0.717) is 60.7 Å². The van der Waals surface area contributed by atoms with Crippen LogP contribution >= 0.6 is 11.6 Å². The summed E-state index contributed by atoms with van der Waals surface area (Å²) in [7, 11) is 0. The molecule has 0 fully saturated rings. The number of ether oxygens (including phenoxy) is 4. The zero-order chi connectivity index (χ0) is 26.9. The van der Waals surface area contributed by atoms with Crippen molar-refractivity contribution in [2.75, 3.05) is 26.3 Å². The third-order valence-corrected chi connectivity index (χ3v) is 6.13. The highest BCUT2D eigenvalue weighted by Gasteiger charge is 2.21. The average molecular weight is 543 g/mol. The third-order valence-electron chi connectivity index (χ3n) is 5.91. The molecule has 1 aliphatic rings. The monoisotopic (exact) mass is 542 g/mol. The zero-order valence-corrected chi connectivity index (χ0v) is 21.8. The van der Waals surface area contributed by atoms with Gasteiger partial charge in [-0.15, -0.1) is 0 Å². The van der Waals surface area contributed by atoms with Gasteiger partial charge in [0.05, 0.1) is 25.9 Å². The van der Waals surface area contributed by atoms with Crippen LogP contribution in [-0.4, -0.2) is 53.6 Å². The quantitative estimate of drug-likeness (QED) is 0.137. The predicted octanol–water partition coefficient (Wildman–Crippen LogP) is 3.37. The van der Waals surface area contributed by atoms with E-state index in [-0.39, 0.29) is 18.5 Å². The molecule has 2 aromatic carbocycles. The van der Waals surface area contributed by atoms with E-state index in [1.165, 1.54) is 6.92 Å². The molecule has 2 heterocycles. The normalized spacial score (nSPS) is 15.2. The Labute approximate surface area is 226 Å². The second-order valence-electron chi connectivity index (χ2n) is 8.93. The molecule has 0 saturated heterocycles. The topological polar surface area (TPSA) is 119 Å². The number of fused-ring (bicyclic) bond motifs is 1. The standard InChI is InChI=1S/C28H31ClN2O7/c1-18(33)37-25-6-4-21(11-22(25)14-32)24(34)13-30-9-8-19-2-5-26-27(10-19)38-23(17-36-26)16-35-15-20-3-7-28(29)31-12-20/h2-7,10-12,23-24,30,32,34H,8-9,13-17H2,1H3. The van der Waals surface area contributed by atoms with Crippen LogP contribution < -0.4 is 19.5 Å². The molecule has 0 radical (unpaired) electrons. The van der Waals surface area contributed by atoms with Crippen LogP contribution in [0.5, 0.6) is 17.2 Å². The van der Waals surface area contributed by atoms with Crippen LogP contribution in [0.4, 0.5) is 0 Å². The Morgan fingerprint density at radius 2 is 2.03 bits per heavy atom. The molecule has 1 aromatic heterocycles. The lowest BCUT2D eigenvalue weighted by Gasteiger charge is -2.27. The fraction of sp³-hybridized carbons (Fsp3) is 0.357. The summed E-state index contributed by atoms with van der Waals surface area (Å²) in [6.45, 7) is 3.15. The first kappa shape index (κ1) is 27.8. The summed E-state index contributed by atoms with van der Waals surface area (Å²) in [5.41, 5.74) is 3.06. The van der Waals surface area contributed by atoms with Gasteiger partial charge in [0, 0.05) is 25.2 Å². The number of rotatable bonds is 12. The minimum absolute atomic E-state index is 0.220. The van der Waals surface area contributed by atoms with E-state index in [1.807, 2.05) is 24.3 Å². The molecule has 2 unspecified atom stereocenters. The first-order valence-corrected chi connectivity index (χ1v) is 12.7. The number of nitrogens with one attached hydrogen (secondary N) is 1. The van der Waals surface area contributed by atoms with Gasteiger partial charge in [0.15, 0.2) is 17.6 Å². The number of nitrogens with zero attached hydrogens (tertiary/aromatic N) is 1. The summed E-state index contributed by atoms with van der Waals surface area (Å²) in [6.07, 6.45) is 1.41. The van der Waals surface area contributed by atoms with Crippen LogP contribution in [0.15, 0.2) is 54.7 Å². The highest BCUT2D eigenvalue weighted by atomic mass is 35.5. The van der Waals surface area contributed by atoms with Crippen LogP contribution in [0.1, 0.15) is 35.3 Å². The van der Waals surface area contributed by atoms with E-state index < -0.39 is 12.1 Å². The van der Waals surface area contributed by atoms with Crippen molar-refractivity contribution in [3.05, 3.63) is 82.1 Å². The molecule has 0 bridgehead atoms. The van der Waals surface area contributed by atoms with E-state index >= 15 is 0 Å². The molecule has 0 amide bonds. The molecule has 3 N–H and O–H groups in total. The molecule has 0 spiro atoms. The van der Waals surface area contributed by atoms with E-state index in [1.54, 1.807) is 30.5 Å². The Balaban J connectivity index is 1.22. The summed E-state index contributed by atoms with van der Waals surface area (Å²) in [6, 6.07) is 14.3. The molecule has 0 aliphatic carbocycles. The molecule has 10 heteroatoms. The lowest BCUT2D eigenvalue weighted by atomic mass is 10.0. The molecule has 4 rings (SSSR count). The maximum Gasteiger partial charge on any atom is 0.308 e. The number of benzene rings is 2. The number of carbonyl (C=O) groups excluding carboxylic acids is 1. The summed E-state index contributed by atoms with van der Waals surface area (Å²) >= 11 is 5.81. The second kappa shape index (κ2) is 13.5. The van der Waals surface area contributed by atoms with Gasteiger partial charge >= 0.3 is 5.97 Å². The van der Waals surface area contributed by atoms with Gasteiger partial charge in [-0.05, 0) is 60.0 Å². The van der Waals surface area contributed by atoms with Crippen LogP contribution in [-0.2, 0) is 29.2 Å². The molecule has 38 heavy (non-hydrogen) atoms. The highest BCUT2D eigenvalue weighted by molar-refractivity contribution is 6.29. The van der Waals surface area contributed by atoms with Gasteiger partial charge in [0.2, 0.25) is 0 Å². The van der Waals surface area contributed by atoms with Gasteiger partial charge < -0.3 is 34.5 Å². The van der Waals surface area contributed by atoms with Crippen LogP contribution in [0.25, 0.3) is 0 Å². The Bertz CT molecular complexity index is 1220. The molecule has 0 saturated carbocycles. The Hall–Kier alpha value is -3.21. The lowest BCUT2D eigenvalue weighted by molar-refractivity contribution is -0.131. The highest BCUT2D eigenvalue weighted by Crippen LogP contribution is 2.33. The summed E-state index contributed by atoms with van der Waals surface area (Å²) in [5.74, 6) is 1.20. The van der Waals surface area contributed by atoms with Crippen molar-refractivity contribution in [1.29, 1.82) is 0 Å². The van der Waals surface area contributed by atoms with Gasteiger partial charge in [0.1, 0.15) is 17.5 Å². The number of halogens is 1. The summed E-state index contributed by atoms with van der Waals surface area (Å²) in [5, 5.41) is 23.8. The number of aliphatic hydroxyl groups excluding tert-OH is 2. The van der Waals surface area contributed by atoms with Crippen molar-refractivity contribution in [3.63, 3.8) is 0 Å². The van der Waals surface area contributed by atoms with Crippen molar-refractivity contribution in [2.24, 2.45) is 0 Å². The van der Waals surface area contributed by atoms with Gasteiger partial charge in [-0.3, -0.25) is 4.79 Å². The Morgan fingerprint density at radius 1 is 1.18 bits per heavy atom. The first-order valence-electron chi connectivity index (χ1n) is 12.3. The molecule has 202 valence electrons. The number of pyridine rings is 1. The second-order valence-corrected chi connectivity index (χ2v) is 9.31. The number of aliphatic hydroxyl groups is 2. The molecule has 9 nitrogen and oxygen atoms in total. The predicted molar refractivity (Wildman–Crippen MR) is 140 cm³/mol. The fourth-order valence-corrected chi connectivity index (χ4v) is 4.08. The maximum atomic E-state index is 11.2. The van der Waals surface area contributed by atoms with E-state index in [9.17, 15) is 15.0 Å². The summed E-state index contributed by atoms with van der Waals surface area (Å²) in [4.78, 5) is 15.2. The van der Waals surface area contributed by atoms with Crippen molar-refractivity contribution >= 4 is 17.6 Å². The number of esters is 1. The summed E-state index contributed by atoms with van der Waals surface area (Å²) < 4.78 is 22.8. The molecular weight excluding hydrogens is 512 g/mol. The average Bonchev–Trinajstić information content (AvgIpc) is 2.91. The van der Waals surface area contributed by atoms with Crippen LogP contribution in [0.2, 0.25) is 5.15 Å². The largest absolute Gasteiger partial charge is 0.486 e. The van der Waals surface area contributed by atoms with Gasteiger partial charge in [-0.2, -0.15) is 0 Å². The van der Waals surface area contributed by atoms with Crippen LogP contribution in [0.3, 0.4) is 0 Å².